The van der Waals surface area contributed by atoms with Crippen LogP contribution in [0, 0.1) is 0 Å². The molecular weight excluding hydrogens is 218 g/mol. The smallest absolute Gasteiger partial charge is 0.181 e. The predicted molar refractivity (Wildman–Crippen MR) is 67.7 cm³/mol. The van der Waals surface area contributed by atoms with E-state index in [1.54, 1.807) is 11.8 Å². The molecule has 1 aromatic carbocycles. The van der Waals surface area contributed by atoms with E-state index in [0.29, 0.717) is 6.10 Å². The maximum atomic E-state index is 6.09. The van der Waals surface area contributed by atoms with Gasteiger partial charge in [-0.1, -0.05) is 43.2 Å². The van der Waals surface area contributed by atoms with Crippen LogP contribution >= 0.6 is 11.8 Å². The van der Waals surface area contributed by atoms with Crippen molar-refractivity contribution in [3.05, 3.63) is 24.3 Å². The van der Waals surface area contributed by atoms with Crippen molar-refractivity contribution in [3.63, 3.8) is 0 Å². The molecule has 86 valence electrons. The van der Waals surface area contributed by atoms with Gasteiger partial charge in [0.15, 0.2) is 5.56 Å². The van der Waals surface area contributed by atoms with Crippen molar-refractivity contribution in [1.82, 2.24) is 0 Å². The summed E-state index contributed by atoms with van der Waals surface area (Å²) in [6.45, 7) is 0. The number of benzene rings is 1. The monoisotopic (exact) mass is 235 g/mol. The van der Waals surface area contributed by atoms with E-state index in [1.165, 1.54) is 42.7 Å². The highest BCUT2D eigenvalue weighted by atomic mass is 32.2. The number of fused-ring (bicyclic) bond motifs is 1. The summed E-state index contributed by atoms with van der Waals surface area (Å²) < 4.78 is 6.09. The summed E-state index contributed by atoms with van der Waals surface area (Å²) in [7, 11) is 0. The lowest BCUT2D eigenvalue weighted by Gasteiger charge is -2.25. The lowest BCUT2D eigenvalue weighted by molar-refractivity contribution is 0.0245. The lowest BCUT2D eigenvalue weighted by Crippen LogP contribution is -2.25. The Bertz CT molecular complexity index is 338. The molecule has 1 heterocycles. The van der Waals surface area contributed by atoms with E-state index in [-0.39, 0.29) is 5.56 Å². The second-order valence-electron chi connectivity index (χ2n) is 4.49. The summed E-state index contributed by atoms with van der Waals surface area (Å²) in [5.74, 6) is 0. The van der Waals surface area contributed by atoms with Crippen LogP contribution in [0.15, 0.2) is 29.2 Å². The van der Waals surface area contributed by atoms with Gasteiger partial charge in [0.25, 0.3) is 0 Å². The van der Waals surface area contributed by atoms with Crippen molar-refractivity contribution in [2.45, 2.75) is 48.7 Å². The van der Waals surface area contributed by atoms with Crippen LogP contribution in [-0.4, -0.2) is 11.7 Å². The molecule has 1 saturated carbocycles. The predicted octanol–water partition coefficient (Wildman–Crippen LogP) is 3.84. The Balaban J connectivity index is 1.59. The van der Waals surface area contributed by atoms with Gasteiger partial charge in [0, 0.05) is 4.90 Å². The Kier molecular flexibility index (Phi) is 3.06. The zero-order valence-electron chi connectivity index (χ0n) is 9.32. The first kappa shape index (κ1) is 10.5. The zero-order valence-corrected chi connectivity index (χ0v) is 10.1. The molecule has 16 heavy (non-hydrogen) atoms. The van der Waals surface area contributed by atoms with Gasteiger partial charge in [-0.25, -0.2) is 0 Å². The number of hydrogen-bond donors (Lipinski definition) is 1. The van der Waals surface area contributed by atoms with E-state index in [1.807, 2.05) is 0 Å². The fraction of sp³-hybridized carbons (Fsp3) is 0.538. The van der Waals surface area contributed by atoms with Crippen molar-refractivity contribution in [2.75, 3.05) is 5.32 Å². The average Bonchev–Trinajstić information content (AvgIpc) is 2.72. The summed E-state index contributed by atoms with van der Waals surface area (Å²) >= 11 is 1.80. The Hall–Kier alpha value is -0.670. The van der Waals surface area contributed by atoms with Gasteiger partial charge in [-0.05, 0) is 25.0 Å². The largest absolute Gasteiger partial charge is 0.350 e. The molecule has 1 atom stereocenters. The molecule has 2 nitrogen and oxygen atoms in total. The molecule has 1 unspecified atom stereocenters. The topological polar surface area (TPSA) is 21.3 Å². The summed E-state index contributed by atoms with van der Waals surface area (Å²) in [5.41, 5.74) is 1.34. The van der Waals surface area contributed by atoms with E-state index in [4.69, 9.17) is 4.74 Å². The van der Waals surface area contributed by atoms with Crippen LogP contribution < -0.4 is 5.32 Å². The van der Waals surface area contributed by atoms with Crippen molar-refractivity contribution < 1.29 is 4.74 Å². The summed E-state index contributed by atoms with van der Waals surface area (Å²) in [6.07, 6.45) is 6.97. The first-order valence-electron chi connectivity index (χ1n) is 6.09. The molecule has 0 bridgehead atoms. The van der Waals surface area contributed by atoms with Gasteiger partial charge in [-0.15, -0.1) is 0 Å². The molecule has 0 aromatic heterocycles. The third kappa shape index (κ3) is 2.20. The van der Waals surface area contributed by atoms with Crippen LogP contribution in [-0.2, 0) is 4.74 Å². The van der Waals surface area contributed by atoms with Gasteiger partial charge in [0.2, 0.25) is 0 Å². The van der Waals surface area contributed by atoms with E-state index in [0.717, 1.165) is 0 Å². The molecule has 1 aliphatic carbocycles. The molecule has 3 heteroatoms. The Morgan fingerprint density at radius 1 is 1.12 bits per heavy atom. The molecule has 1 fully saturated rings. The highest BCUT2D eigenvalue weighted by molar-refractivity contribution is 8.00. The average molecular weight is 235 g/mol. The van der Waals surface area contributed by atoms with Gasteiger partial charge in [-0.2, -0.15) is 0 Å². The second-order valence-corrected chi connectivity index (χ2v) is 5.59. The molecule has 0 spiro atoms. The molecule has 1 N–H and O–H groups in total. The normalized spacial score (nSPS) is 25.1. The Labute approximate surface area is 101 Å². The van der Waals surface area contributed by atoms with E-state index >= 15 is 0 Å². The highest BCUT2D eigenvalue weighted by Gasteiger charge is 2.25. The van der Waals surface area contributed by atoms with Crippen LogP contribution in [0.4, 0.5) is 5.69 Å². The number of para-hydroxylation sites is 1. The van der Waals surface area contributed by atoms with Crippen LogP contribution in [0.3, 0.4) is 0 Å². The van der Waals surface area contributed by atoms with Crippen LogP contribution in [0.5, 0.6) is 0 Å². The van der Waals surface area contributed by atoms with Gasteiger partial charge in [0.05, 0.1) is 11.8 Å². The van der Waals surface area contributed by atoms with Crippen LogP contribution in [0.1, 0.15) is 32.1 Å². The Morgan fingerprint density at radius 2 is 1.94 bits per heavy atom. The molecule has 0 radical (unpaired) electrons. The standard InChI is InChI=1S/C13H17NOS/c1-2-6-10(7-3-1)15-13-14-11-8-4-5-9-12(11)16-13/h4-5,8-10,13-14H,1-3,6-7H2. The number of hydrogen-bond acceptors (Lipinski definition) is 3. The van der Waals surface area contributed by atoms with Crippen molar-refractivity contribution in [1.29, 1.82) is 0 Å². The van der Waals surface area contributed by atoms with Crippen molar-refractivity contribution in [3.8, 4) is 0 Å². The number of thioether (sulfide) groups is 1. The SMILES string of the molecule is c1ccc2c(c1)NC(OC1CCCCC1)S2. The fourth-order valence-electron chi connectivity index (χ4n) is 2.40. The van der Waals surface area contributed by atoms with E-state index < -0.39 is 0 Å². The highest BCUT2D eigenvalue weighted by Crippen LogP contribution is 2.39. The summed E-state index contributed by atoms with van der Waals surface area (Å²) in [5, 5.41) is 3.42. The van der Waals surface area contributed by atoms with Crippen molar-refractivity contribution >= 4 is 17.4 Å². The third-order valence-electron chi connectivity index (χ3n) is 3.26. The molecule has 2 aliphatic rings. The van der Waals surface area contributed by atoms with Crippen LogP contribution in [0.2, 0.25) is 0 Å². The maximum absolute atomic E-state index is 6.09. The first-order valence-corrected chi connectivity index (χ1v) is 6.97. The number of rotatable bonds is 2. The van der Waals surface area contributed by atoms with Gasteiger partial charge < -0.3 is 10.1 Å². The minimum absolute atomic E-state index is 0.125. The molecule has 0 saturated heterocycles. The quantitative estimate of drug-likeness (QED) is 0.841. The molecule has 1 aliphatic heterocycles. The molecular formula is C13H17NOS. The third-order valence-corrected chi connectivity index (χ3v) is 4.32. The number of nitrogens with one attached hydrogen (secondary N) is 1. The van der Waals surface area contributed by atoms with Crippen LogP contribution in [0.25, 0.3) is 0 Å². The number of ether oxygens (including phenoxy) is 1. The minimum Gasteiger partial charge on any atom is -0.350 e. The van der Waals surface area contributed by atoms with Crippen molar-refractivity contribution in [2.24, 2.45) is 0 Å². The molecule has 0 amide bonds. The second kappa shape index (κ2) is 4.68. The fourth-order valence-corrected chi connectivity index (χ4v) is 3.44. The minimum atomic E-state index is 0.125. The molecule has 3 rings (SSSR count). The van der Waals surface area contributed by atoms with E-state index in [9.17, 15) is 0 Å². The lowest BCUT2D eigenvalue weighted by atomic mass is 9.98. The first-order chi connectivity index (χ1) is 7.92. The number of anilines is 1. The maximum Gasteiger partial charge on any atom is 0.181 e. The van der Waals surface area contributed by atoms with Gasteiger partial charge in [-0.3, -0.25) is 0 Å². The van der Waals surface area contributed by atoms with Gasteiger partial charge in [0.1, 0.15) is 0 Å². The molecule has 1 aromatic rings. The zero-order chi connectivity index (χ0) is 10.8. The summed E-state index contributed by atoms with van der Waals surface area (Å²) in [4.78, 5) is 1.31. The summed E-state index contributed by atoms with van der Waals surface area (Å²) in [6, 6.07) is 8.41. The van der Waals surface area contributed by atoms with E-state index in [2.05, 4.69) is 29.6 Å². The van der Waals surface area contributed by atoms with Gasteiger partial charge >= 0.3 is 0 Å². The Morgan fingerprint density at radius 3 is 2.75 bits per heavy atom.